The van der Waals surface area contributed by atoms with E-state index < -0.39 is 0 Å². The van der Waals surface area contributed by atoms with E-state index in [9.17, 15) is 9.59 Å². The highest BCUT2D eigenvalue weighted by Gasteiger charge is 2.24. The maximum absolute atomic E-state index is 12.6. The number of rotatable bonds is 5. The number of nitrogens with zero attached hydrogens (tertiary/aromatic N) is 4. The summed E-state index contributed by atoms with van der Waals surface area (Å²) in [5, 5.41) is 0.743. The molecule has 4 rings (SSSR count). The van der Waals surface area contributed by atoms with Gasteiger partial charge in [-0.2, -0.15) is 4.98 Å². The minimum absolute atomic E-state index is 0.152. The monoisotopic (exact) mass is 370 g/mol. The topological polar surface area (TPSA) is 68.1 Å². The molecule has 0 radical (unpaired) electrons. The van der Waals surface area contributed by atoms with Gasteiger partial charge in [-0.1, -0.05) is 17.8 Å². The Morgan fingerprint density at radius 1 is 1.15 bits per heavy atom. The predicted molar refractivity (Wildman–Crippen MR) is 100 cm³/mol. The average molecular weight is 370 g/mol. The van der Waals surface area contributed by atoms with Crippen LogP contribution in [0.1, 0.15) is 36.2 Å². The van der Waals surface area contributed by atoms with E-state index in [4.69, 9.17) is 0 Å². The molecule has 1 fully saturated rings. The fraction of sp³-hybridized carbons (Fsp3) is 0.474. The minimum atomic E-state index is -0.243. The van der Waals surface area contributed by atoms with Crippen LogP contribution in [0.2, 0.25) is 0 Å². The molecule has 1 aliphatic carbocycles. The van der Waals surface area contributed by atoms with Gasteiger partial charge < -0.3 is 4.90 Å². The third-order valence-corrected chi connectivity index (χ3v) is 6.04. The average Bonchev–Trinajstić information content (AvgIpc) is 3.35. The molecule has 6 nitrogen and oxygen atoms in total. The van der Waals surface area contributed by atoms with Crippen molar-refractivity contribution in [2.45, 2.75) is 43.7 Å². The first-order valence-corrected chi connectivity index (χ1v) is 10.1. The molecule has 0 N–H and O–H groups in total. The molecule has 0 aromatic carbocycles. The first-order valence-electron chi connectivity index (χ1n) is 9.15. The van der Waals surface area contributed by atoms with Crippen molar-refractivity contribution in [2.24, 2.45) is 0 Å². The van der Waals surface area contributed by atoms with E-state index >= 15 is 0 Å². The molecule has 0 unspecified atom stereocenters. The number of thioether (sulfide) groups is 1. The van der Waals surface area contributed by atoms with Crippen molar-refractivity contribution in [1.82, 2.24) is 19.4 Å². The summed E-state index contributed by atoms with van der Waals surface area (Å²) >= 11 is 1.42. The van der Waals surface area contributed by atoms with E-state index in [-0.39, 0.29) is 11.6 Å². The Morgan fingerprint density at radius 3 is 2.77 bits per heavy atom. The maximum atomic E-state index is 12.6. The molecular formula is C19H22N4O2S. The van der Waals surface area contributed by atoms with Crippen molar-refractivity contribution in [3.05, 3.63) is 51.8 Å². The summed E-state index contributed by atoms with van der Waals surface area (Å²) in [5.74, 6) is 0.516. The molecule has 136 valence electrons. The van der Waals surface area contributed by atoms with Gasteiger partial charge in [-0.25, -0.2) is 4.79 Å². The van der Waals surface area contributed by atoms with Gasteiger partial charge in [-0.15, -0.1) is 0 Å². The van der Waals surface area contributed by atoms with Gasteiger partial charge in [0.15, 0.2) is 0 Å². The number of carbonyl (C=O) groups excluding carboxylic acids is 1. The highest BCUT2D eigenvalue weighted by Crippen LogP contribution is 2.29. The van der Waals surface area contributed by atoms with E-state index in [0.717, 1.165) is 67.2 Å². The Balaban J connectivity index is 1.55. The molecule has 2 aromatic rings. The van der Waals surface area contributed by atoms with Crippen molar-refractivity contribution in [3.63, 3.8) is 0 Å². The lowest BCUT2D eigenvalue weighted by Gasteiger charge is -2.16. The van der Waals surface area contributed by atoms with Crippen LogP contribution in [0.5, 0.6) is 0 Å². The van der Waals surface area contributed by atoms with Crippen LogP contribution in [0.25, 0.3) is 0 Å². The third-order valence-electron chi connectivity index (χ3n) is 5.04. The lowest BCUT2D eigenvalue weighted by molar-refractivity contribution is -0.127. The van der Waals surface area contributed by atoms with Crippen LogP contribution >= 0.6 is 11.8 Å². The lowest BCUT2D eigenvalue weighted by Crippen LogP contribution is -2.30. The number of amides is 1. The zero-order valence-electron chi connectivity index (χ0n) is 14.7. The Labute approximate surface area is 156 Å². The van der Waals surface area contributed by atoms with Gasteiger partial charge in [0.1, 0.15) is 5.03 Å². The summed E-state index contributed by atoms with van der Waals surface area (Å²) in [6.45, 7) is 2.17. The van der Waals surface area contributed by atoms with Crippen LogP contribution in [-0.4, -0.2) is 44.2 Å². The third kappa shape index (κ3) is 3.53. The van der Waals surface area contributed by atoms with E-state index in [1.54, 1.807) is 10.8 Å². The van der Waals surface area contributed by atoms with Gasteiger partial charge in [0, 0.05) is 30.5 Å². The van der Waals surface area contributed by atoms with Crippen molar-refractivity contribution >= 4 is 17.7 Å². The minimum Gasteiger partial charge on any atom is -0.342 e. The van der Waals surface area contributed by atoms with E-state index in [0.29, 0.717) is 12.3 Å². The number of aromatic nitrogens is 3. The molecule has 2 aliphatic rings. The smallest absolute Gasteiger partial charge is 0.342 e. The number of fused-ring (bicyclic) bond motifs is 1. The SMILES string of the molecule is O=C(CSc1nc(=O)n(Cc2ccccn2)c2c1CCC2)N1CCCC1. The number of likely N-dealkylation sites (tertiary alicyclic amines) is 1. The maximum Gasteiger partial charge on any atom is 0.349 e. The first kappa shape index (κ1) is 17.3. The van der Waals surface area contributed by atoms with Gasteiger partial charge in [-0.3, -0.25) is 14.3 Å². The highest BCUT2D eigenvalue weighted by atomic mass is 32.2. The second-order valence-corrected chi connectivity index (χ2v) is 7.73. The standard InChI is InChI=1S/C19H22N4O2S/c24-17(22-10-3-4-11-22)13-26-18-15-7-5-8-16(15)23(19(25)21-18)12-14-6-1-2-9-20-14/h1-2,6,9H,3-5,7-8,10-13H2. The molecule has 2 aromatic heterocycles. The second-order valence-electron chi connectivity index (χ2n) is 6.76. The van der Waals surface area contributed by atoms with Crippen molar-refractivity contribution in [1.29, 1.82) is 0 Å². The highest BCUT2D eigenvalue weighted by molar-refractivity contribution is 7.99. The predicted octanol–water partition coefficient (Wildman–Crippen LogP) is 1.89. The lowest BCUT2D eigenvalue weighted by atomic mass is 10.2. The number of pyridine rings is 1. The number of carbonyl (C=O) groups is 1. The van der Waals surface area contributed by atoms with Crippen LogP contribution in [0, 0.1) is 0 Å². The fourth-order valence-corrected chi connectivity index (χ4v) is 4.69. The quantitative estimate of drug-likeness (QED) is 0.594. The Kier molecular flexibility index (Phi) is 5.06. The zero-order valence-corrected chi connectivity index (χ0v) is 15.5. The number of hydrogen-bond acceptors (Lipinski definition) is 5. The van der Waals surface area contributed by atoms with Crippen LogP contribution in [0.4, 0.5) is 0 Å². The fourth-order valence-electron chi connectivity index (χ4n) is 3.71. The molecule has 3 heterocycles. The van der Waals surface area contributed by atoms with E-state index in [2.05, 4.69) is 9.97 Å². The van der Waals surface area contributed by atoms with Crippen LogP contribution < -0.4 is 5.69 Å². The van der Waals surface area contributed by atoms with Gasteiger partial charge >= 0.3 is 5.69 Å². The number of hydrogen-bond donors (Lipinski definition) is 0. The Morgan fingerprint density at radius 2 is 2.00 bits per heavy atom. The molecule has 26 heavy (non-hydrogen) atoms. The van der Waals surface area contributed by atoms with Crippen molar-refractivity contribution in [3.8, 4) is 0 Å². The summed E-state index contributed by atoms with van der Waals surface area (Å²) in [4.78, 5) is 35.5. The van der Waals surface area contributed by atoms with Gasteiger partial charge in [-0.05, 0) is 44.2 Å². The van der Waals surface area contributed by atoms with Crippen molar-refractivity contribution < 1.29 is 4.79 Å². The molecular weight excluding hydrogens is 348 g/mol. The summed E-state index contributed by atoms with van der Waals surface area (Å²) in [7, 11) is 0. The van der Waals surface area contributed by atoms with Gasteiger partial charge in [0.2, 0.25) is 5.91 Å². The summed E-state index contributed by atoms with van der Waals surface area (Å²) in [5.41, 5.74) is 2.81. The molecule has 1 amide bonds. The van der Waals surface area contributed by atoms with Crippen molar-refractivity contribution in [2.75, 3.05) is 18.8 Å². The summed E-state index contributed by atoms with van der Waals surface area (Å²) in [6.07, 6.45) is 6.75. The molecule has 0 atom stereocenters. The van der Waals surface area contributed by atoms with Gasteiger partial charge in [0.05, 0.1) is 18.0 Å². The second kappa shape index (κ2) is 7.61. The Hall–Kier alpha value is -2.15. The molecule has 0 spiro atoms. The van der Waals surface area contributed by atoms with E-state index in [1.807, 2.05) is 23.1 Å². The molecule has 0 bridgehead atoms. The summed E-state index contributed by atoms with van der Waals surface area (Å²) < 4.78 is 1.75. The molecule has 1 saturated heterocycles. The van der Waals surface area contributed by atoms with Crippen LogP contribution in [0.3, 0.4) is 0 Å². The van der Waals surface area contributed by atoms with Gasteiger partial charge in [0.25, 0.3) is 0 Å². The summed E-state index contributed by atoms with van der Waals surface area (Å²) in [6, 6.07) is 5.71. The molecule has 0 saturated carbocycles. The van der Waals surface area contributed by atoms with E-state index in [1.165, 1.54) is 11.8 Å². The Bertz CT molecular complexity index is 860. The normalized spacial score (nSPS) is 16.1. The van der Waals surface area contributed by atoms with Crippen LogP contribution in [-0.2, 0) is 24.2 Å². The first-order chi connectivity index (χ1) is 12.7. The zero-order chi connectivity index (χ0) is 17.9. The largest absolute Gasteiger partial charge is 0.349 e. The molecule has 7 heteroatoms. The molecule has 1 aliphatic heterocycles. The van der Waals surface area contributed by atoms with Crippen LogP contribution in [0.15, 0.2) is 34.2 Å².